The average molecular weight is 280 g/mol. The second kappa shape index (κ2) is 5.84. The predicted molar refractivity (Wildman–Crippen MR) is 69.3 cm³/mol. The van der Waals surface area contributed by atoms with Gasteiger partial charge < -0.3 is 5.11 Å². The number of halogens is 2. The van der Waals surface area contributed by atoms with Gasteiger partial charge >= 0.3 is 5.97 Å². The van der Waals surface area contributed by atoms with Crippen molar-refractivity contribution < 1.29 is 18.7 Å². The lowest BCUT2D eigenvalue weighted by Gasteiger charge is -2.06. The van der Waals surface area contributed by atoms with Crippen molar-refractivity contribution in [3.05, 3.63) is 65.2 Å². The molecule has 0 atom stereocenters. The molecule has 19 heavy (non-hydrogen) atoms. The molecule has 2 aromatic carbocycles. The van der Waals surface area contributed by atoms with Crippen LogP contribution in [0.3, 0.4) is 0 Å². The van der Waals surface area contributed by atoms with E-state index < -0.39 is 11.8 Å². The molecule has 0 bridgehead atoms. The molecule has 2 rings (SSSR count). The molecule has 0 unspecified atom stereocenters. The molecular weight excluding hydrogens is 270 g/mol. The van der Waals surface area contributed by atoms with E-state index in [2.05, 4.69) is 0 Å². The molecule has 0 amide bonds. The van der Waals surface area contributed by atoms with Gasteiger partial charge in [0.15, 0.2) is 0 Å². The minimum absolute atomic E-state index is 0.110. The van der Waals surface area contributed by atoms with Crippen LogP contribution in [0, 0.1) is 11.6 Å². The quantitative estimate of drug-likeness (QED) is 0.861. The monoisotopic (exact) mass is 280 g/mol. The normalized spacial score (nSPS) is 10.4. The molecule has 1 N–H and O–H groups in total. The Labute approximate surface area is 113 Å². The first-order chi connectivity index (χ1) is 9.08. The number of benzene rings is 2. The zero-order valence-corrected chi connectivity index (χ0v) is 10.6. The van der Waals surface area contributed by atoms with Crippen LogP contribution in [0.15, 0.2) is 47.4 Å². The van der Waals surface area contributed by atoms with Gasteiger partial charge in [-0.3, -0.25) is 0 Å². The fraction of sp³-hybridized carbons (Fsp3) is 0.0714. The van der Waals surface area contributed by atoms with E-state index in [1.165, 1.54) is 18.2 Å². The Morgan fingerprint density at radius 1 is 1.16 bits per heavy atom. The summed E-state index contributed by atoms with van der Waals surface area (Å²) in [5.74, 6) is -1.85. The van der Waals surface area contributed by atoms with Crippen LogP contribution >= 0.6 is 11.8 Å². The number of carboxylic acids is 1. The number of rotatable bonds is 4. The summed E-state index contributed by atoms with van der Waals surface area (Å²) in [6.45, 7) is 0. The predicted octanol–water partition coefficient (Wildman–Crippen LogP) is 3.96. The van der Waals surface area contributed by atoms with Gasteiger partial charge in [0.2, 0.25) is 0 Å². The molecular formula is C14H10F2O2S. The minimum atomic E-state index is -1.20. The van der Waals surface area contributed by atoms with Gasteiger partial charge in [0.1, 0.15) is 11.6 Å². The zero-order chi connectivity index (χ0) is 13.8. The Hall–Kier alpha value is -1.88. The van der Waals surface area contributed by atoms with Gasteiger partial charge in [0.25, 0.3) is 0 Å². The van der Waals surface area contributed by atoms with Crippen molar-refractivity contribution in [1.29, 1.82) is 0 Å². The number of carbonyl (C=O) groups is 1. The van der Waals surface area contributed by atoms with Crippen molar-refractivity contribution in [2.75, 3.05) is 0 Å². The molecule has 5 heteroatoms. The van der Waals surface area contributed by atoms with Crippen molar-refractivity contribution in [3.8, 4) is 0 Å². The SMILES string of the molecule is O=C(O)c1cc(F)ccc1SCc1ccccc1F. The van der Waals surface area contributed by atoms with E-state index in [1.807, 2.05) is 0 Å². The Bertz CT molecular complexity index is 614. The molecule has 0 radical (unpaired) electrons. The van der Waals surface area contributed by atoms with Gasteiger partial charge in [-0.2, -0.15) is 0 Å². The Balaban J connectivity index is 2.20. The van der Waals surface area contributed by atoms with Gasteiger partial charge in [-0.25, -0.2) is 13.6 Å². The van der Waals surface area contributed by atoms with E-state index in [0.29, 0.717) is 16.2 Å². The van der Waals surface area contributed by atoms with Crippen molar-refractivity contribution in [3.63, 3.8) is 0 Å². The fourth-order valence-electron chi connectivity index (χ4n) is 1.57. The average Bonchev–Trinajstić information content (AvgIpc) is 2.38. The van der Waals surface area contributed by atoms with Gasteiger partial charge in [-0.15, -0.1) is 11.8 Å². The molecule has 98 valence electrons. The zero-order valence-electron chi connectivity index (χ0n) is 9.77. The molecule has 0 heterocycles. The third kappa shape index (κ3) is 3.32. The van der Waals surface area contributed by atoms with Crippen molar-refractivity contribution >= 4 is 17.7 Å². The van der Waals surface area contributed by atoms with E-state index in [4.69, 9.17) is 5.11 Å². The summed E-state index contributed by atoms with van der Waals surface area (Å²) in [5.41, 5.74) is 0.370. The lowest BCUT2D eigenvalue weighted by atomic mass is 10.2. The van der Waals surface area contributed by atoms with Crippen LogP contribution in [-0.2, 0) is 5.75 Å². The highest BCUT2D eigenvalue weighted by Gasteiger charge is 2.12. The summed E-state index contributed by atoms with van der Waals surface area (Å²) in [5, 5.41) is 8.99. The molecule has 0 fully saturated rings. The second-order valence-electron chi connectivity index (χ2n) is 3.83. The van der Waals surface area contributed by atoms with E-state index in [-0.39, 0.29) is 11.4 Å². The smallest absolute Gasteiger partial charge is 0.336 e. The van der Waals surface area contributed by atoms with Crippen molar-refractivity contribution in [2.24, 2.45) is 0 Å². The maximum absolute atomic E-state index is 13.4. The van der Waals surface area contributed by atoms with E-state index in [9.17, 15) is 13.6 Å². The van der Waals surface area contributed by atoms with E-state index >= 15 is 0 Å². The summed E-state index contributed by atoms with van der Waals surface area (Å²) in [6, 6.07) is 9.82. The van der Waals surface area contributed by atoms with E-state index in [1.54, 1.807) is 18.2 Å². The summed E-state index contributed by atoms with van der Waals surface area (Å²) in [4.78, 5) is 11.4. The first-order valence-electron chi connectivity index (χ1n) is 5.47. The molecule has 0 aliphatic carbocycles. The molecule has 0 saturated carbocycles. The Morgan fingerprint density at radius 2 is 1.89 bits per heavy atom. The summed E-state index contributed by atoms with van der Waals surface area (Å²) >= 11 is 1.16. The molecule has 0 aromatic heterocycles. The maximum atomic E-state index is 13.4. The molecule has 2 nitrogen and oxygen atoms in total. The highest BCUT2D eigenvalue weighted by Crippen LogP contribution is 2.27. The number of aromatic carboxylic acids is 1. The highest BCUT2D eigenvalue weighted by molar-refractivity contribution is 7.98. The third-order valence-electron chi connectivity index (χ3n) is 2.51. The molecule has 0 aliphatic rings. The van der Waals surface area contributed by atoms with Crippen LogP contribution in [0.4, 0.5) is 8.78 Å². The maximum Gasteiger partial charge on any atom is 0.336 e. The van der Waals surface area contributed by atoms with Gasteiger partial charge in [-0.05, 0) is 29.8 Å². The molecule has 0 aliphatic heterocycles. The number of hydrogen-bond donors (Lipinski definition) is 1. The molecule has 0 saturated heterocycles. The van der Waals surface area contributed by atoms with Crippen molar-refractivity contribution in [2.45, 2.75) is 10.6 Å². The Morgan fingerprint density at radius 3 is 2.58 bits per heavy atom. The van der Waals surface area contributed by atoms with Gasteiger partial charge in [-0.1, -0.05) is 18.2 Å². The van der Waals surface area contributed by atoms with Crippen LogP contribution in [-0.4, -0.2) is 11.1 Å². The second-order valence-corrected chi connectivity index (χ2v) is 4.84. The minimum Gasteiger partial charge on any atom is -0.478 e. The lowest BCUT2D eigenvalue weighted by Crippen LogP contribution is -2.00. The van der Waals surface area contributed by atoms with Crippen molar-refractivity contribution in [1.82, 2.24) is 0 Å². The van der Waals surface area contributed by atoms with Crippen LogP contribution in [0.5, 0.6) is 0 Å². The van der Waals surface area contributed by atoms with E-state index in [0.717, 1.165) is 17.8 Å². The first kappa shape index (κ1) is 13.5. The summed E-state index contributed by atoms with van der Waals surface area (Å²) in [6.07, 6.45) is 0. The lowest BCUT2D eigenvalue weighted by molar-refractivity contribution is 0.0692. The van der Waals surface area contributed by atoms with Crippen LogP contribution < -0.4 is 0 Å². The fourth-order valence-corrected chi connectivity index (χ4v) is 2.58. The van der Waals surface area contributed by atoms with Crippen LogP contribution in [0.1, 0.15) is 15.9 Å². The number of thioether (sulfide) groups is 1. The summed E-state index contributed by atoms with van der Waals surface area (Å²) in [7, 11) is 0. The molecule has 0 spiro atoms. The number of hydrogen-bond acceptors (Lipinski definition) is 2. The Kier molecular flexibility index (Phi) is 4.16. The molecule has 2 aromatic rings. The first-order valence-corrected chi connectivity index (χ1v) is 6.45. The van der Waals surface area contributed by atoms with Crippen LogP contribution in [0.2, 0.25) is 0 Å². The van der Waals surface area contributed by atoms with Gasteiger partial charge in [0, 0.05) is 10.6 Å². The van der Waals surface area contributed by atoms with Gasteiger partial charge in [0.05, 0.1) is 5.56 Å². The highest BCUT2D eigenvalue weighted by atomic mass is 32.2. The standard InChI is InChI=1S/C14H10F2O2S/c15-10-5-6-13(11(7-10)14(17)18)19-8-9-3-1-2-4-12(9)16/h1-7H,8H2,(H,17,18). The topological polar surface area (TPSA) is 37.3 Å². The van der Waals surface area contributed by atoms with Crippen LogP contribution in [0.25, 0.3) is 0 Å². The summed E-state index contributed by atoms with van der Waals surface area (Å²) < 4.78 is 26.4. The largest absolute Gasteiger partial charge is 0.478 e. The third-order valence-corrected chi connectivity index (χ3v) is 3.64. The number of carboxylic acid groups (broad SMARTS) is 1.